The van der Waals surface area contributed by atoms with Gasteiger partial charge in [-0.25, -0.2) is 5.43 Å². The van der Waals surface area contributed by atoms with Gasteiger partial charge < -0.3 is 10.1 Å². The molecule has 0 fully saturated rings. The van der Waals surface area contributed by atoms with Gasteiger partial charge in [-0.05, 0) is 76.1 Å². The van der Waals surface area contributed by atoms with Crippen molar-refractivity contribution >= 4 is 51.2 Å². The summed E-state index contributed by atoms with van der Waals surface area (Å²) in [6.07, 6.45) is 1.52. The molecule has 6 nitrogen and oxygen atoms in total. The fraction of sp³-hybridized carbons (Fsp3) is 0.0455. The van der Waals surface area contributed by atoms with Crippen molar-refractivity contribution < 1.29 is 14.3 Å². The standard InChI is InChI=1S/C22H17BrClN3O3/c23-20-7-2-1-6-19(20)22(29)27-25-13-15-8-10-18(11-9-15)30-14-21(28)26-17-5-3-4-16(24)12-17/h1-13H,14H2,(H,26,28)(H,27,29)/b25-13-. The molecule has 0 saturated carbocycles. The number of rotatable bonds is 7. The highest BCUT2D eigenvalue weighted by Gasteiger charge is 2.07. The summed E-state index contributed by atoms with van der Waals surface area (Å²) in [6.45, 7) is -0.137. The maximum absolute atomic E-state index is 12.1. The SMILES string of the molecule is O=C(COc1ccc(/C=N\NC(=O)c2ccccc2Br)cc1)Nc1cccc(Cl)c1. The summed E-state index contributed by atoms with van der Waals surface area (Å²) in [5, 5.41) is 7.20. The van der Waals surface area contributed by atoms with Crippen LogP contribution in [0.4, 0.5) is 5.69 Å². The molecule has 0 radical (unpaired) electrons. The van der Waals surface area contributed by atoms with Crippen molar-refractivity contribution in [1.82, 2.24) is 5.43 Å². The average Bonchev–Trinajstić information content (AvgIpc) is 2.73. The second-order valence-corrected chi connectivity index (χ2v) is 7.39. The summed E-state index contributed by atoms with van der Waals surface area (Å²) in [5.74, 6) is -0.0762. The summed E-state index contributed by atoms with van der Waals surface area (Å²) in [7, 11) is 0. The van der Waals surface area contributed by atoms with Gasteiger partial charge in [0.25, 0.3) is 11.8 Å². The number of halogens is 2. The molecule has 0 aliphatic carbocycles. The topological polar surface area (TPSA) is 79.8 Å². The molecule has 3 aromatic rings. The maximum atomic E-state index is 12.1. The molecule has 0 atom stereocenters. The van der Waals surface area contributed by atoms with E-state index >= 15 is 0 Å². The Bertz CT molecular complexity index is 1070. The van der Waals surface area contributed by atoms with E-state index in [1.165, 1.54) is 6.21 Å². The van der Waals surface area contributed by atoms with Gasteiger partial charge >= 0.3 is 0 Å². The van der Waals surface area contributed by atoms with E-state index in [9.17, 15) is 9.59 Å². The molecule has 0 saturated heterocycles. The third-order valence-electron chi connectivity index (χ3n) is 3.86. The zero-order valence-corrected chi connectivity index (χ0v) is 18.0. The number of hydrogen-bond acceptors (Lipinski definition) is 4. The molecular formula is C22H17BrClN3O3. The lowest BCUT2D eigenvalue weighted by molar-refractivity contribution is -0.118. The number of hydrazone groups is 1. The van der Waals surface area contributed by atoms with Gasteiger partial charge in [0.2, 0.25) is 0 Å². The third-order valence-corrected chi connectivity index (χ3v) is 4.78. The Balaban J connectivity index is 1.47. The van der Waals surface area contributed by atoms with E-state index < -0.39 is 0 Å². The molecule has 0 aliphatic rings. The van der Waals surface area contributed by atoms with Gasteiger partial charge in [0, 0.05) is 15.2 Å². The molecule has 30 heavy (non-hydrogen) atoms. The lowest BCUT2D eigenvalue weighted by atomic mass is 10.2. The fourth-order valence-electron chi connectivity index (χ4n) is 2.43. The highest BCUT2D eigenvalue weighted by atomic mass is 79.9. The van der Waals surface area contributed by atoms with Crippen LogP contribution in [0.3, 0.4) is 0 Å². The van der Waals surface area contributed by atoms with Gasteiger partial charge in [-0.1, -0.05) is 29.8 Å². The second kappa shape index (κ2) is 10.6. The van der Waals surface area contributed by atoms with E-state index in [0.29, 0.717) is 26.5 Å². The van der Waals surface area contributed by atoms with Crippen LogP contribution in [0.2, 0.25) is 5.02 Å². The smallest absolute Gasteiger partial charge is 0.272 e. The monoisotopic (exact) mass is 485 g/mol. The quantitative estimate of drug-likeness (QED) is 0.369. The second-order valence-electron chi connectivity index (χ2n) is 6.10. The molecule has 0 heterocycles. The molecule has 2 N–H and O–H groups in total. The molecule has 0 aliphatic heterocycles. The van der Waals surface area contributed by atoms with Crippen molar-refractivity contribution in [3.05, 3.63) is 93.4 Å². The highest BCUT2D eigenvalue weighted by Crippen LogP contribution is 2.16. The minimum Gasteiger partial charge on any atom is -0.484 e. The lowest BCUT2D eigenvalue weighted by Gasteiger charge is -2.08. The van der Waals surface area contributed by atoms with E-state index in [-0.39, 0.29) is 18.4 Å². The molecule has 0 bridgehead atoms. The van der Waals surface area contributed by atoms with Crippen LogP contribution in [0, 0.1) is 0 Å². The van der Waals surface area contributed by atoms with Crippen LogP contribution < -0.4 is 15.5 Å². The maximum Gasteiger partial charge on any atom is 0.272 e. The van der Waals surface area contributed by atoms with Gasteiger partial charge in [-0.3, -0.25) is 9.59 Å². The normalized spacial score (nSPS) is 10.6. The number of nitrogens with one attached hydrogen (secondary N) is 2. The van der Waals surface area contributed by atoms with Crippen molar-refractivity contribution in [3.8, 4) is 5.75 Å². The Morgan fingerprint density at radius 1 is 1.03 bits per heavy atom. The van der Waals surface area contributed by atoms with E-state index in [2.05, 4.69) is 31.8 Å². The zero-order chi connectivity index (χ0) is 21.3. The Morgan fingerprint density at radius 2 is 1.80 bits per heavy atom. The van der Waals surface area contributed by atoms with Crippen molar-refractivity contribution in [1.29, 1.82) is 0 Å². The summed E-state index contributed by atoms with van der Waals surface area (Å²) in [5.41, 5.74) is 4.34. The van der Waals surface area contributed by atoms with Gasteiger partial charge in [0.05, 0.1) is 11.8 Å². The predicted octanol–water partition coefficient (Wildman–Crippen LogP) is 4.88. The number of carbonyl (C=O) groups is 2. The van der Waals surface area contributed by atoms with Gasteiger partial charge in [0.15, 0.2) is 6.61 Å². The van der Waals surface area contributed by atoms with Crippen molar-refractivity contribution in [2.75, 3.05) is 11.9 Å². The molecule has 2 amide bonds. The Kier molecular flexibility index (Phi) is 7.59. The van der Waals surface area contributed by atoms with E-state index in [1.807, 2.05) is 6.07 Å². The minimum absolute atomic E-state index is 0.137. The molecule has 0 spiro atoms. The van der Waals surface area contributed by atoms with Crippen LogP contribution in [0.5, 0.6) is 5.75 Å². The van der Waals surface area contributed by atoms with Crippen LogP contribution in [0.15, 0.2) is 82.4 Å². The summed E-state index contributed by atoms with van der Waals surface area (Å²) in [6, 6.07) is 20.9. The predicted molar refractivity (Wildman–Crippen MR) is 121 cm³/mol. The number of amides is 2. The summed E-state index contributed by atoms with van der Waals surface area (Å²) < 4.78 is 6.17. The zero-order valence-electron chi connectivity index (χ0n) is 15.6. The number of nitrogens with zero attached hydrogens (tertiary/aromatic N) is 1. The first kappa shape index (κ1) is 21.5. The van der Waals surface area contributed by atoms with Crippen LogP contribution in [-0.4, -0.2) is 24.6 Å². The Hall–Kier alpha value is -3.16. The highest BCUT2D eigenvalue weighted by molar-refractivity contribution is 9.10. The molecule has 8 heteroatoms. The van der Waals surface area contributed by atoms with E-state index in [4.69, 9.17) is 16.3 Å². The molecule has 0 unspecified atom stereocenters. The van der Waals surface area contributed by atoms with E-state index in [1.54, 1.807) is 66.7 Å². The van der Waals surface area contributed by atoms with Gasteiger partial charge in [0.1, 0.15) is 5.75 Å². The first-order valence-corrected chi connectivity index (χ1v) is 10.0. The number of ether oxygens (including phenoxy) is 1. The molecule has 3 rings (SSSR count). The van der Waals surface area contributed by atoms with E-state index in [0.717, 1.165) is 5.56 Å². The number of benzene rings is 3. The van der Waals surface area contributed by atoms with Crippen LogP contribution in [0.1, 0.15) is 15.9 Å². The van der Waals surface area contributed by atoms with Crippen LogP contribution in [-0.2, 0) is 4.79 Å². The van der Waals surface area contributed by atoms with Crippen LogP contribution in [0.25, 0.3) is 0 Å². The van der Waals surface area contributed by atoms with Gasteiger partial charge in [-0.2, -0.15) is 5.10 Å². The third kappa shape index (κ3) is 6.43. The van der Waals surface area contributed by atoms with Crippen molar-refractivity contribution in [2.24, 2.45) is 5.10 Å². The minimum atomic E-state index is -0.315. The fourth-order valence-corrected chi connectivity index (χ4v) is 3.09. The average molecular weight is 487 g/mol. The Labute approximate surface area is 187 Å². The van der Waals surface area contributed by atoms with Crippen molar-refractivity contribution in [2.45, 2.75) is 0 Å². The first-order chi connectivity index (χ1) is 14.5. The Morgan fingerprint density at radius 3 is 2.53 bits per heavy atom. The summed E-state index contributed by atoms with van der Waals surface area (Å²) >= 11 is 9.22. The number of anilines is 1. The first-order valence-electron chi connectivity index (χ1n) is 8.87. The number of hydrogen-bond donors (Lipinski definition) is 2. The van der Waals surface area contributed by atoms with Crippen molar-refractivity contribution in [3.63, 3.8) is 0 Å². The summed E-state index contributed by atoms with van der Waals surface area (Å²) in [4.78, 5) is 24.1. The number of carbonyl (C=O) groups excluding carboxylic acids is 2. The lowest BCUT2D eigenvalue weighted by Crippen LogP contribution is -2.20. The van der Waals surface area contributed by atoms with Crippen LogP contribution >= 0.6 is 27.5 Å². The molecule has 3 aromatic carbocycles. The molecule has 0 aromatic heterocycles. The molecular weight excluding hydrogens is 470 g/mol. The largest absolute Gasteiger partial charge is 0.484 e. The molecule has 152 valence electrons. The van der Waals surface area contributed by atoms with Gasteiger partial charge in [-0.15, -0.1) is 0 Å².